The number of hydrogen-bond donors (Lipinski definition) is 1. The van der Waals surface area contributed by atoms with E-state index in [2.05, 4.69) is 9.88 Å². The lowest BCUT2D eigenvalue weighted by molar-refractivity contribution is 0.0693. The van der Waals surface area contributed by atoms with Crippen molar-refractivity contribution in [2.24, 2.45) is 0 Å². The number of rotatable bonds is 2. The van der Waals surface area contributed by atoms with Gasteiger partial charge in [0.25, 0.3) is 0 Å². The third kappa shape index (κ3) is 2.31. The molecule has 1 aliphatic rings. The summed E-state index contributed by atoms with van der Waals surface area (Å²) in [7, 11) is 0. The molecule has 2 heterocycles. The highest BCUT2D eigenvalue weighted by atomic mass is 16.5. The number of aryl methyl sites for hydroxylation is 2. The van der Waals surface area contributed by atoms with Crippen molar-refractivity contribution in [2.45, 2.75) is 26.8 Å². The summed E-state index contributed by atoms with van der Waals surface area (Å²) in [6, 6.07) is 2.02. The second-order valence-electron chi connectivity index (χ2n) is 4.67. The molecule has 0 saturated carbocycles. The minimum absolute atomic E-state index is 0.179. The smallest absolute Gasteiger partial charge is 0.339 e. The van der Waals surface area contributed by atoms with E-state index in [9.17, 15) is 9.90 Å². The van der Waals surface area contributed by atoms with Crippen molar-refractivity contribution in [3.8, 4) is 0 Å². The van der Waals surface area contributed by atoms with Crippen molar-refractivity contribution in [1.29, 1.82) is 0 Å². The number of morpholine rings is 1. The van der Waals surface area contributed by atoms with Gasteiger partial charge in [-0.15, -0.1) is 0 Å². The van der Waals surface area contributed by atoms with E-state index in [4.69, 9.17) is 4.74 Å². The zero-order chi connectivity index (χ0) is 13.3. The molecule has 18 heavy (non-hydrogen) atoms. The highest BCUT2D eigenvalue weighted by molar-refractivity contribution is 5.95. The molecule has 2 rings (SSSR count). The Labute approximate surface area is 106 Å². The van der Waals surface area contributed by atoms with Gasteiger partial charge in [0.15, 0.2) is 0 Å². The van der Waals surface area contributed by atoms with Gasteiger partial charge in [-0.05, 0) is 26.8 Å². The SMILES string of the molecule is Cc1cc(N2CCOCC2C)c(C(=O)O)c(C)n1. The molecule has 1 fully saturated rings. The molecule has 1 unspecified atom stereocenters. The first-order valence-electron chi connectivity index (χ1n) is 6.06. The number of nitrogens with zero attached hydrogens (tertiary/aromatic N) is 2. The van der Waals surface area contributed by atoms with Crippen LogP contribution in [-0.2, 0) is 4.74 Å². The summed E-state index contributed by atoms with van der Waals surface area (Å²) in [5.74, 6) is -0.923. The Morgan fingerprint density at radius 2 is 2.28 bits per heavy atom. The molecule has 1 aliphatic heterocycles. The summed E-state index contributed by atoms with van der Waals surface area (Å²) >= 11 is 0. The Morgan fingerprint density at radius 3 is 2.89 bits per heavy atom. The fraction of sp³-hybridized carbons (Fsp3) is 0.538. The maximum Gasteiger partial charge on any atom is 0.339 e. The van der Waals surface area contributed by atoms with E-state index < -0.39 is 5.97 Å². The van der Waals surface area contributed by atoms with Crippen molar-refractivity contribution in [3.63, 3.8) is 0 Å². The van der Waals surface area contributed by atoms with Crippen LogP contribution >= 0.6 is 0 Å². The largest absolute Gasteiger partial charge is 0.478 e. The number of hydrogen-bond acceptors (Lipinski definition) is 4. The fourth-order valence-electron chi connectivity index (χ4n) is 2.38. The van der Waals surface area contributed by atoms with Crippen LogP contribution in [-0.4, -0.2) is 41.9 Å². The molecular weight excluding hydrogens is 232 g/mol. The average Bonchev–Trinajstić information content (AvgIpc) is 2.27. The summed E-state index contributed by atoms with van der Waals surface area (Å²) in [5.41, 5.74) is 2.46. The lowest BCUT2D eigenvalue weighted by atomic mass is 10.1. The van der Waals surface area contributed by atoms with Crippen LogP contribution in [0, 0.1) is 13.8 Å². The average molecular weight is 250 g/mol. The van der Waals surface area contributed by atoms with Crippen LogP contribution in [0.2, 0.25) is 0 Å². The van der Waals surface area contributed by atoms with E-state index in [1.807, 2.05) is 19.9 Å². The molecule has 1 aromatic rings. The number of carbonyl (C=O) groups is 1. The summed E-state index contributed by atoms with van der Waals surface area (Å²) in [6.07, 6.45) is 0. The Balaban J connectivity index is 2.50. The topological polar surface area (TPSA) is 62.7 Å². The van der Waals surface area contributed by atoms with Gasteiger partial charge in [-0.2, -0.15) is 0 Å². The van der Waals surface area contributed by atoms with Gasteiger partial charge >= 0.3 is 5.97 Å². The van der Waals surface area contributed by atoms with Crippen LogP contribution < -0.4 is 4.90 Å². The van der Waals surface area contributed by atoms with Gasteiger partial charge < -0.3 is 14.7 Å². The van der Waals surface area contributed by atoms with Gasteiger partial charge in [0.05, 0.1) is 24.6 Å². The van der Waals surface area contributed by atoms with E-state index in [1.165, 1.54) is 0 Å². The zero-order valence-corrected chi connectivity index (χ0v) is 10.9. The summed E-state index contributed by atoms with van der Waals surface area (Å²) in [5, 5.41) is 9.36. The number of anilines is 1. The van der Waals surface area contributed by atoms with Crippen molar-refractivity contribution in [1.82, 2.24) is 4.98 Å². The van der Waals surface area contributed by atoms with Crippen molar-refractivity contribution in [2.75, 3.05) is 24.7 Å². The van der Waals surface area contributed by atoms with Gasteiger partial charge in [-0.25, -0.2) is 4.79 Å². The second kappa shape index (κ2) is 4.94. The highest BCUT2D eigenvalue weighted by Gasteiger charge is 2.25. The van der Waals surface area contributed by atoms with E-state index in [-0.39, 0.29) is 6.04 Å². The van der Waals surface area contributed by atoms with Gasteiger partial charge in [0, 0.05) is 18.3 Å². The van der Waals surface area contributed by atoms with Gasteiger partial charge in [0.1, 0.15) is 5.56 Å². The first kappa shape index (κ1) is 12.8. The molecule has 0 bridgehead atoms. The molecule has 0 aromatic carbocycles. The van der Waals surface area contributed by atoms with Crippen LogP contribution in [0.4, 0.5) is 5.69 Å². The molecule has 0 radical (unpaired) electrons. The predicted molar refractivity (Wildman–Crippen MR) is 68.3 cm³/mol. The number of aromatic carboxylic acids is 1. The van der Waals surface area contributed by atoms with Crippen LogP contribution in [0.3, 0.4) is 0 Å². The first-order valence-corrected chi connectivity index (χ1v) is 6.06. The van der Waals surface area contributed by atoms with E-state index in [0.29, 0.717) is 31.0 Å². The molecule has 0 amide bonds. The van der Waals surface area contributed by atoms with Gasteiger partial charge in [-0.3, -0.25) is 4.98 Å². The van der Waals surface area contributed by atoms with Crippen LogP contribution in [0.1, 0.15) is 28.7 Å². The molecule has 1 aromatic heterocycles. The Kier molecular flexibility index (Phi) is 3.52. The maximum atomic E-state index is 11.4. The first-order chi connectivity index (χ1) is 8.50. The molecule has 0 aliphatic carbocycles. The fourth-order valence-corrected chi connectivity index (χ4v) is 2.38. The van der Waals surface area contributed by atoms with E-state index in [1.54, 1.807) is 6.92 Å². The minimum atomic E-state index is -0.923. The quantitative estimate of drug-likeness (QED) is 0.864. The van der Waals surface area contributed by atoms with E-state index in [0.717, 1.165) is 11.4 Å². The lowest BCUT2D eigenvalue weighted by Gasteiger charge is -2.36. The number of carboxylic acids is 1. The Bertz CT molecular complexity index is 474. The molecule has 1 N–H and O–H groups in total. The lowest BCUT2D eigenvalue weighted by Crippen LogP contribution is -2.44. The Hall–Kier alpha value is -1.62. The van der Waals surface area contributed by atoms with E-state index >= 15 is 0 Å². The summed E-state index contributed by atoms with van der Waals surface area (Å²) in [4.78, 5) is 17.7. The Morgan fingerprint density at radius 1 is 1.56 bits per heavy atom. The molecule has 98 valence electrons. The van der Waals surface area contributed by atoms with Crippen LogP contribution in [0.25, 0.3) is 0 Å². The number of ether oxygens (including phenoxy) is 1. The molecule has 5 nitrogen and oxygen atoms in total. The van der Waals surface area contributed by atoms with Gasteiger partial charge in [0.2, 0.25) is 0 Å². The number of carboxylic acid groups (broad SMARTS) is 1. The monoisotopic (exact) mass is 250 g/mol. The zero-order valence-electron chi connectivity index (χ0n) is 10.9. The summed E-state index contributed by atoms with van der Waals surface area (Å²) in [6.45, 7) is 7.63. The highest BCUT2D eigenvalue weighted by Crippen LogP contribution is 2.27. The molecular formula is C13H18N2O3. The normalized spacial score (nSPS) is 19.9. The summed E-state index contributed by atoms with van der Waals surface area (Å²) < 4.78 is 5.39. The van der Waals surface area contributed by atoms with Crippen LogP contribution in [0.15, 0.2) is 6.07 Å². The maximum absolute atomic E-state index is 11.4. The third-order valence-corrected chi connectivity index (χ3v) is 3.20. The van der Waals surface area contributed by atoms with Crippen molar-refractivity contribution >= 4 is 11.7 Å². The molecule has 1 atom stereocenters. The molecule has 1 saturated heterocycles. The van der Waals surface area contributed by atoms with Crippen LogP contribution in [0.5, 0.6) is 0 Å². The second-order valence-corrected chi connectivity index (χ2v) is 4.67. The van der Waals surface area contributed by atoms with Crippen molar-refractivity contribution in [3.05, 3.63) is 23.0 Å². The molecule has 0 spiro atoms. The van der Waals surface area contributed by atoms with Gasteiger partial charge in [-0.1, -0.05) is 0 Å². The van der Waals surface area contributed by atoms with Crippen molar-refractivity contribution < 1.29 is 14.6 Å². The number of aromatic nitrogens is 1. The predicted octanol–water partition coefficient (Wildman–Crippen LogP) is 1.62. The standard InChI is InChI=1S/C13H18N2O3/c1-8-6-11(12(13(16)17)10(3)14-8)15-4-5-18-7-9(15)2/h6,9H,4-5,7H2,1-3H3,(H,16,17). The minimum Gasteiger partial charge on any atom is -0.478 e. The number of pyridine rings is 1. The molecule has 5 heteroatoms. The third-order valence-electron chi connectivity index (χ3n) is 3.20.